The number of hydrogen-bond donors (Lipinski definition) is 1. The molecule has 1 N–H and O–H groups in total. The molecule has 1 aliphatic heterocycles. The third kappa shape index (κ3) is 5.57. The van der Waals surface area contributed by atoms with Gasteiger partial charge in [0.25, 0.3) is 0 Å². The molecule has 1 heterocycles. The van der Waals surface area contributed by atoms with Crippen molar-refractivity contribution in [2.24, 2.45) is 3.15 Å². The number of carbonyl (C=O) groups is 1. The van der Waals surface area contributed by atoms with Crippen molar-refractivity contribution in [2.45, 2.75) is 26.4 Å². The first kappa shape index (κ1) is 20.0. The molecule has 1 aliphatic rings. The summed E-state index contributed by atoms with van der Waals surface area (Å²) in [4.78, 5) is 12.3. The van der Waals surface area contributed by atoms with Gasteiger partial charge in [0.15, 0.2) is 5.70 Å². The van der Waals surface area contributed by atoms with Crippen molar-refractivity contribution < 1.29 is 13.9 Å². The number of allylic oxidation sites excluding steroid dienone is 2. The molecule has 0 unspecified atom stereocenters. The molecule has 2 rings (SSSR count). The normalized spacial score (nSPS) is 14.4. The Kier molecular flexibility index (Phi) is 7.49. The maximum atomic E-state index is 13.1. The van der Waals surface area contributed by atoms with Gasteiger partial charge in [-0.1, -0.05) is 18.2 Å². The Morgan fingerprint density at radius 2 is 2.12 bits per heavy atom. The summed E-state index contributed by atoms with van der Waals surface area (Å²) in [7, 11) is 0. The van der Waals surface area contributed by atoms with Gasteiger partial charge in [0, 0.05) is 37.6 Å². The largest absolute Gasteiger partial charge is 0.458 e. The lowest BCUT2D eigenvalue weighted by Gasteiger charge is -2.19. The summed E-state index contributed by atoms with van der Waals surface area (Å²) >= 11 is 2.88. The van der Waals surface area contributed by atoms with Crippen LogP contribution in [0, 0.1) is 5.82 Å². The van der Waals surface area contributed by atoms with Crippen molar-refractivity contribution >= 4 is 42.9 Å². The average Bonchev–Trinajstić information content (AvgIpc) is 2.56. The van der Waals surface area contributed by atoms with Gasteiger partial charge in [-0.3, -0.25) is 0 Å². The summed E-state index contributed by atoms with van der Waals surface area (Å²) in [5.41, 5.74) is 1.94. The van der Waals surface area contributed by atoms with Crippen molar-refractivity contribution in [2.75, 3.05) is 6.54 Å². The fourth-order valence-corrected chi connectivity index (χ4v) is 5.02. The Labute approximate surface area is 165 Å². The van der Waals surface area contributed by atoms with E-state index in [1.165, 1.54) is 12.1 Å². The molecule has 0 spiro atoms. The third-order valence-corrected chi connectivity index (χ3v) is 7.00. The maximum absolute atomic E-state index is 13.1. The van der Waals surface area contributed by atoms with Gasteiger partial charge in [0.1, 0.15) is 5.82 Å². The van der Waals surface area contributed by atoms with Crippen molar-refractivity contribution in [3.63, 3.8) is 0 Å². The molecule has 0 bridgehead atoms. The van der Waals surface area contributed by atoms with Crippen LogP contribution in [-0.4, -0.2) is 18.6 Å². The van der Waals surface area contributed by atoms with Gasteiger partial charge in [-0.25, -0.2) is 12.3 Å². The lowest BCUT2D eigenvalue weighted by atomic mass is 10.1. The van der Waals surface area contributed by atoms with Crippen LogP contribution in [0.2, 0.25) is 0 Å². The molecule has 7 heteroatoms. The maximum Gasteiger partial charge on any atom is 0.359 e. The summed E-state index contributed by atoms with van der Waals surface area (Å²) in [5, 5.41) is 3.17. The number of benzene rings is 1. The van der Waals surface area contributed by atoms with E-state index in [0.717, 1.165) is 13.6 Å². The van der Waals surface area contributed by atoms with Crippen molar-refractivity contribution in [1.82, 2.24) is 5.32 Å². The topological polar surface area (TPSA) is 50.7 Å². The van der Waals surface area contributed by atoms with Crippen molar-refractivity contribution in [1.29, 1.82) is 0 Å². The number of halogens is 3. The number of nitrogens with zero attached hydrogens (tertiary/aromatic N) is 1. The number of carbonyl (C=O) groups excluding carboxylic acids is 1. The van der Waals surface area contributed by atoms with Crippen molar-refractivity contribution in [3.8, 4) is 0 Å². The van der Waals surface area contributed by atoms with Gasteiger partial charge in [-0.2, -0.15) is 0 Å². The molecule has 0 saturated heterocycles. The average molecular weight is 521 g/mol. The molecule has 0 radical (unpaired) electrons. The van der Waals surface area contributed by atoms with Crippen LogP contribution in [0.5, 0.6) is 0 Å². The number of nitrogens with one attached hydrogen (secondary N) is 1. The molecular weight excluding hydrogens is 502 g/mol. The van der Waals surface area contributed by atoms with E-state index in [4.69, 9.17) is 4.74 Å². The van der Waals surface area contributed by atoms with Crippen molar-refractivity contribution in [3.05, 3.63) is 67.8 Å². The van der Waals surface area contributed by atoms with Crippen LogP contribution in [0.3, 0.4) is 0 Å². The molecule has 134 valence electrons. The van der Waals surface area contributed by atoms with Gasteiger partial charge in [-0.15, -0.1) is 6.58 Å². The summed E-state index contributed by atoms with van der Waals surface area (Å²) in [6.07, 6.45) is 2.16. The van der Waals surface area contributed by atoms with E-state index < -0.39 is 27.0 Å². The molecule has 0 fully saturated rings. The lowest BCUT2D eigenvalue weighted by molar-refractivity contribution is -0.142. The van der Waals surface area contributed by atoms with Gasteiger partial charge < -0.3 is 10.1 Å². The first-order valence-electron chi connectivity index (χ1n) is 7.71. The summed E-state index contributed by atoms with van der Waals surface area (Å²) in [6, 6.07) is 6.41. The first-order valence-corrected chi connectivity index (χ1v) is 10.5. The lowest BCUT2D eigenvalue weighted by Crippen LogP contribution is -2.22. The zero-order valence-corrected chi connectivity index (χ0v) is 17.7. The van der Waals surface area contributed by atoms with Gasteiger partial charge in [0.2, 0.25) is 0 Å². The predicted octanol–water partition coefficient (Wildman–Crippen LogP) is 5.08. The minimum Gasteiger partial charge on any atom is -0.458 e. The van der Waals surface area contributed by atoms with E-state index in [9.17, 15) is 9.18 Å². The standard InChI is InChI=1S/C18H19BrFIN2O2/c1-4-9-22-16-15(19)14(10-12-5-7-13(20)8-6-12)21-23-17(16)18(24)25-11(2)3/h4-8,11,22H,1,9-10H2,2-3H3. The molecule has 0 aromatic heterocycles. The fraction of sp³-hybridized carbons (Fsp3) is 0.278. The summed E-state index contributed by atoms with van der Waals surface area (Å²) in [6.45, 7) is 7.80. The summed E-state index contributed by atoms with van der Waals surface area (Å²) in [5.74, 6) is -0.689. The Morgan fingerprint density at radius 3 is 2.72 bits per heavy atom. The second-order valence-electron chi connectivity index (χ2n) is 5.54. The molecule has 0 atom stereocenters. The molecule has 0 aliphatic carbocycles. The highest BCUT2D eigenvalue weighted by molar-refractivity contribution is 14.2. The first-order chi connectivity index (χ1) is 11.9. The second kappa shape index (κ2) is 9.38. The Morgan fingerprint density at radius 1 is 1.44 bits per heavy atom. The van der Waals surface area contributed by atoms with Gasteiger partial charge in [-0.05, 0) is 47.5 Å². The number of rotatable bonds is 7. The Balaban J connectivity index is 2.34. The predicted molar refractivity (Wildman–Crippen MR) is 109 cm³/mol. The van der Waals surface area contributed by atoms with Gasteiger partial charge >= 0.3 is 5.97 Å². The van der Waals surface area contributed by atoms with Crippen LogP contribution in [0.15, 0.2) is 59.5 Å². The molecular formula is C18H19BrFIN2O2. The van der Waals surface area contributed by atoms with Gasteiger partial charge in [0.05, 0.1) is 16.3 Å². The van der Waals surface area contributed by atoms with E-state index >= 15 is 0 Å². The smallest absolute Gasteiger partial charge is 0.359 e. The Hall–Kier alpha value is -1.35. The molecule has 0 amide bonds. The third-order valence-electron chi connectivity index (χ3n) is 3.16. The van der Waals surface area contributed by atoms with E-state index in [0.29, 0.717) is 24.4 Å². The van der Waals surface area contributed by atoms with E-state index in [1.54, 1.807) is 32.1 Å². The van der Waals surface area contributed by atoms with Crippen LogP contribution in [0.25, 0.3) is 0 Å². The zero-order valence-electron chi connectivity index (χ0n) is 14.0. The van der Waals surface area contributed by atoms with E-state index in [1.807, 2.05) is 0 Å². The quantitative estimate of drug-likeness (QED) is 0.310. The molecule has 1 aromatic carbocycles. The summed E-state index contributed by atoms with van der Waals surface area (Å²) < 4.78 is 24.8. The number of ether oxygens (including phenoxy) is 1. The minimum atomic E-state index is -0.728. The van der Waals surface area contributed by atoms with Crippen LogP contribution in [0.4, 0.5) is 4.39 Å². The Bertz CT molecular complexity index is 755. The zero-order chi connectivity index (χ0) is 18.4. The van der Waals surface area contributed by atoms with E-state index in [2.05, 4.69) is 31.0 Å². The highest BCUT2D eigenvalue weighted by atomic mass is 127. The highest BCUT2D eigenvalue weighted by Gasteiger charge is 2.24. The highest BCUT2D eigenvalue weighted by Crippen LogP contribution is 2.39. The number of esters is 1. The minimum absolute atomic E-state index is 0.211. The molecule has 4 nitrogen and oxygen atoms in total. The van der Waals surface area contributed by atoms with Crippen LogP contribution < -0.4 is 5.32 Å². The van der Waals surface area contributed by atoms with Crippen LogP contribution >= 0.6 is 37.0 Å². The molecule has 1 aromatic rings. The van der Waals surface area contributed by atoms with Crippen LogP contribution in [-0.2, 0) is 16.0 Å². The molecule has 0 saturated carbocycles. The number of hydrogen-bond acceptors (Lipinski definition) is 4. The SMILES string of the molecule is C=CCNC1=C(C(=O)OC(C)C)N=IC(Cc2ccc(F)cc2)=C1Br. The fourth-order valence-electron chi connectivity index (χ4n) is 2.04. The monoisotopic (exact) mass is 520 g/mol. The second-order valence-corrected chi connectivity index (χ2v) is 8.60. The molecule has 25 heavy (non-hydrogen) atoms. The van der Waals surface area contributed by atoms with E-state index in [-0.39, 0.29) is 11.9 Å². The van der Waals surface area contributed by atoms with Crippen LogP contribution in [0.1, 0.15) is 19.4 Å².